The zero-order valence-corrected chi connectivity index (χ0v) is 14.8. The van der Waals surface area contributed by atoms with Crippen LogP contribution >= 0.6 is 0 Å². The van der Waals surface area contributed by atoms with Crippen LogP contribution in [-0.4, -0.2) is 29.9 Å². The number of allylic oxidation sites excluding steroid dienone is 3. The van der Waals surface area contributed by atoms with Crippen molar-refractivity contribution in [1.29, 1.82) is 0 Å². The Labute approximate surface area is 151 Å². The van der Waals surface area contributed by atoms with Gasteiger partial charge in [-0.25, -0.2) is 4.79 Å². The van der Waals surface area contributed by atoms with Crippen molar-refractivity contribution in [2.45, 2.75) is 32.5 Å². The summed E-state index contributed by atoms with van der Waals surface area (Å²) in [6.45, 7) is 4.94. The standard InChI is InChI=1S/C19H21NO6/c1-18(2)25-12-19(13-26-18)9-3-4-14(10-19)11-24-17(21)15-5-7-16(8-6-15)20(22)23/h3-8,11H,9-10,12-13H2,1-2H3/b14-11+. The van der Waals surface area contributed by atoms with Gasteiger partial charge in [0.1, 0.15) is 0 Å². The highest BCUT2D eigenvalue weighted by Crippen LogP contribution is 2.41. The first-order chi connectivity index (χ1) is 12.3. The van der Waals surface area contributed by atoms with Crippen LogP contribution in [0.25, 0.3) is 0 Å². The average molecular weight is 359 g/mol. The molecule has 0 aromatic heterocycles. The number of nitrogens with zero attached hydrogens (tertiary/aromatic N) is 1. The quantitative estimate of drug-likeness (QED) is 0.353. The average Bonchev–Trinajstić information content (AvgIpc) is 2.63. The molecule has 1 heterocycles. The number of esters is 1. The molecule has 0 N–H and O–H groups in total. The first-order valence-corrected chi connectivity index (χ1v) is 8.38. The van der Waals surface area contributed by atoms with Gasteiger partial charge in [0.2, 0.25) is 0 Å². The van der Waals surface area contributed by atoms with E-state index in [-0.39, 0.29) is 16.7 Å². The number of benzene rings is 1. The van der Waals surface area contributed by atoms with Gasteiger partial charge in [0.05, 0.1) is 30.0 Å². The molecule has 0 bridgehead atoms. The van der Waals surface area contributed by atoms with Crippen LogP contribution in [0.3, 0.4) is 0 Å². The number of hydrogen-bond acceptors (Lipinski definition) is 6. The van der Waals surface area contributed by atoms with Gasteiger partial charge in [-0.05, 0) is 44.4 Å². The maximum atomic E-state index is 12.1. The van der Waals surface area contributed by atoms with E-state index in [0.717, 1.165) is 12.0 Å². The number of carbonyl (C=O) groups excluding carboxylic acids is 1. The van der Waals surface area contributed by atoms with Crippen LogP contribution in [0.1, 0.15) is 37.0 Å². The summed E-state index contributed by atoms with van der Waals surface area (Å²) in [6.07, 6.45) is 6.92. The van der Waals surface area contributed by atoms with E-state index in [1.54, 1.807) is 0 Å². The third-order valence-corrected chi connectivity index (χ3v) is 4.54. The summed E-state index contributed by atoms with van der Waals surface area (Å²) in [5, 5.41) is 10.7. The molecule has 138 valence electrons. The molecule has 1 aromatic carbocycles. The number of carbonyl (C=O) groups is 1. The zero-order valence-electron chi connectivity index (χ0n) is 14.8. The minimum Gasteiger partial charge on any atom is -0.431 e. The summed E-state index contributed by atoms with van der Waals surface area (Å²) < 4.78 is 16.8. The second-order valence-electron chi connectivity index (χ2n) is 7.16. The van der Waals surface area contributed by atoms with E-state index in [1.807, 2.05) is 26.0 Å². The van der Waals surface area contributed by atoms with E-state index in [9.17, 15) is 14.9 Å². The Hall–Kier alpha value is -2.51. The highest BCUT2D eigenvalue weighted by molar-refractivity contribution is 5.90. The summed E-state index contributed by atoms with van der Waals surface area (Å²) in [6, 6.07) is 5.31. The van der Waals surface area contributed by atoms with Gasteiger partial charge in [-0.1, -0.05) is 12.2 Å². The van der Waals surface area contributed by atoms with Gasteiger partial charge in [-0.2, -0.15) is 0 Å². The van der Waals surface area contributed by atoms with Gasteiger partial charge in [-0.15, -0.1) is 0 Å². The lowest BCUT2D eigenvalue weighted by Gasteiger charge is -2.44. The fourth-order valence-electron chi connectivity index (χ4n) is 2.98. The minimum atomic E-state index is -0.571. The normalized spacial score (nSPS) is 22.3. The molecular weight excluding hydrogens is 338 g/mol. The molecule has 0 atom stereocenters. The van der Waals surface area contributed by atoms with Crippen LogP contribution < -0.4 is 0 Å². The van der Waals surface area contributed by atoms with Crippen molar-refractivity contribution in [2.24, 2.45) is 5.41 Å². The van der Waals surface area contributed by atoms with Crippen LogP contribution in [0.2, 0.25) is 0 Å². The Balaban J connectivity index is 1.63. The van der Waals surface area contributed by atoms with E-state index in [4.69, 9.17) is 14.2 Å². The van der Waals surface area contributed by atoms with Gasteiger partial charge in [0.15, 0.2) is 5.79 Å². The molecule has 2 aliphatic rings. The Bertz CT molecular complexity index is 753. The second kappa shape index (κ2) is 7.01. The lowest BCUT2D eigenvalue weighted by atomic mass is 9.76. The molecule has 1 aromatic rings. The van der Waals surface area contributed by atoms with E-state index in [0.29, 0.717) is 19.6 Å². The van der Waals surface area contributed by atoms with Crippen LogP contribution in [0.15, 0.2) is 48.3 Å². The first-order valence-electron chi connectivity index (χ1n) is 8.38. The van der Waals surface area contributed by atoms with Crippen LogP contribution in [-0.2, 0) is 14.2 Å². The molecule has 1 fully saturated rings. The molecule has 7 heteroatoms. The molecule has 26 heavy (non-hydrogen) atoms. The highest BCUT2D eigenvalue weighted by Gasteiger charge is 2.40. The molecule has 0 radical (unpaired) electrons. The van der Waals surface area contributed by atoms with Crippen molar-refractivity contribution < 1.29 is 23.9 Å². The zero-order chi connectivity index (χ0) is 18.8. The van der Waals surface area contributed by atoms with Gasteiger partial charge < -0.3 is 14.2 Å². The maximum absolute atomic E-state index is 12.1. The molecule has 7 nitrogen and oxygen atoms in total. The minimum absolute atomic E-state index is 0.0720. The number of ether oxygens (including phenoxy) is 3. The number of nitro benzene ring substituents is 1. The van der Waals surface area contributed by atoms with Crippen molar-refractivity contribution in [2.75, 3.05) is 13.2 Å². The van der Waals surface area contributed by atoms with Crippen LogP contribution in [0.4, 0.5) is 5.69 Å². The van der Waals surface area contributed by atoms with Gasteiger partial charge >= 0.3 is 5.97 Å². The summed E-state index contributed by atoms with van der Waals surface area (Å²) in [5.74, 6) is -1.13. The van der Waals surface area contributed by atoms with Crippen LogP contribution in [0.5, 0.6) is 0 Å². The number of nitro groups is 1. The van der Waals surface area contributed by atoms with Crippen molar-refractivity contribution in [1.82, 2.24) is 0 Å². The Morgan fingerprint density at radius 3 is 2.50 bits per heavy atom. The maximum Gasteiger partial charge on any atom is 0.342 e. The molecule has 0 amide bonds. The predicted molar refractivity (Wildman–Crippen MR) is 93.4 cm³/mol. The fraction of sp³-hybridized carbons (Fsp3) is 0.421. The molecule has 1 aliphatic carbocycles. The Kier molecular flexibility index (Phi) is 4.93. The largest absolute Gasteiger partial charge is 0.431 e. The highest BCUT2D eigenvalue weighted by atomic mass is 16.7. The lowest BCUT2D eigenvalue weighted by Crippen LogP contribution is -2.47. The summed E-state index contributed by atoms with van der Waals surface area (Å²) in [5.41, 5.74) is 0.916. The van der Waals surface area contributed by atoms with Gasteiger partial charge in [0, 0.05) is 17.5 Å². The molecule has 1 aliphatic heterocycles. The molecule has 3 rings (SSSR count). The summed E-state index contributed by atoms with van der Waals surface area (Å²) in [7, 11) is 0. The molecule has 1 saturated heterocycles. The van der Waals surface area contributed by atoms with Gasteiger partial charge in [-0.3, -0.25) is 10.1 Å². The van der Waals surface area contributed by atoms with Gasteiger partial charge in [0.25, 0.3) is 5.69 Å². The summed E-state index contributed by atoms with van der Waals surface area (Å²) >= 11 is 0. The monoisotopic (exact) mass is 359 g/mol. The van der Waals surface area contributed by atoms with Crippen molar-refractivity contribution in [3.63, 3.8) is 0 Å². The van der Waals surface area contributed by atoms with Crippen LogP contribution in [0, 0.1) is 15.5 Å². The van der Waals surface area contributed by atoms with Crippen molar-refractivity contribution in [3.05, 3.63) is 63.9 Å². The second-order valence-corrected chi connectivity index (χ2v) is 7.16. The van der Waals surface area contributed by atoms with Crippen molar-refractivity contribution in [3.8, 4) is 0 Å². The smallest absolute Gasteiger partial charge is 0.342 e. The fourth-order valence-corrected chi connectivity index (χ4v) is 2.98. The van der Waals surface area contributed by atoms with E-state index >= 15 is 0 Å². The molecule has 1 spiro atoms. The topological polar surface area (TPSA) is 87.9 Å². The van der Waals surface area contributed by atoms with Crippen molar-refractivity contribution >= 4 is 11.7 Å². The van der Waals surface area contributed by atoms with E-state index in [1.165, 1.54) is 30.5 Å². The Morgan fingerprint density at radius 2 is 1.88 bits per heavy atom. The first kappa shape index (κ1) is 18.3. The molecule has 0 saturated carbocycles. The number of rotatable bonds is 3. The van der Waals surface area contributed by atoms with E-state index in [2.05, 4.69) is 0 Å². The molecule has 0 unspecified atom stereocenters. The third kappa shape index (κ3) is 4.17. The SMILES string of the molecule is CC1(C)OCC2(CC=C/C(=C\OC(=O)c3ccc([N+](=O)[O-])cc3)C2)CO1. The third-order valence-electron chi connectivity index (χ3n) is 4.54. The van der Waals surface area contributed by atoms with E-state index < -0.39 is 16.7 Å². The number of non-ortho nitro benzene ring substituents is 1. The summed E-state index contributed by atoms with van der Waals surface area (Å²) in [4.78, 5) is 22.3. The Morgan fingerprint density at radius 1 is 1.23 bits per heavy atom. The predicted octanol–water partition coefficient (Wildman–Crippen LogP) is 3.75. The molecular formula is C19H21NO6. The lowest BCUT2D eigenvalue weighted by molar-refractivity contribution is -0.384. The number of hydrogen-bond donors (Lipinski definition) is 0.